The summed E-state index contributed by atoms with van der Waals surface area (Å²) < 4.78 is 0. The molecular formula is C18H40N2O2S2Zn. The first-order valence-corrected chi connectivity index (χ1v) is 9.83. The van der Waals surface area contributed by atoms with Crippen LogP contribution in [0.2, 0.25) is 0 Å². The topological polar surface area (TPSA) is 86.2 Å². The fraction of sp³-hybridized carbons (Fsp3) is 0.889. The average molecular weight is 446 g/mol. The monoisotopic (exact) mass is 444 g/mol. The van der Waals surface area contributed by atoms with E-state index in [2.05, 4.69) is 78.3 Å². The number of carbonyl (C=O) groups is 2. The quantitative estimate of drug-likeness (QED) is 0.372. The standard InChI is InChI=1S/2C8H18.2CH3NOS.Zn/c2*1-4-6-7-8(3)5-2;2*2-1(3)4;/h2*8H,4-7H2,1-3H3;2*(H3,2,3,4);/q;;;;+2/p-2. The second-order valence-electron chi connectivity index (χ2n) is 5.95. The summed E-state index contributed by atoms with van der Waals surface area (Å²) in [5.41, 5.74) is 8.57. The third-order valence-corrected chi connectivity index (χ3v) is 3.49. The van der Waals surface area contributed by atoms with Gasteiger partial charge >= 0.3 is 19.5 Å². The Morgan fingerprint density at radius 2 is 0.960 bits per heavy atom. The summed E-state index contributed by atoms with van der Waals surface area (Å²) in [5, 5.41) is -1.50. The molecule has 7 heteroatoms. The summed E-state index contributed by atoms with van der Waals surface area (Å²) in [6.07, 6.45) is 11.1. The van der Waals surface area contributed by atoms with Crippen molar-refractivity contribution in [3.8, 4) is 0 Å². The molecule has 0 aromatic carbocycles. The van der Waals surface area contributed by atoms with Gasteiger partial charge in [-0.1, -0.05) is 92.9 Å². The van der Waals surface area contributed by atoms with Gasteiger partial charge in [0.2, 0.25) is 0 Å². The summed E-state index contributed by atoms with van der Waals surface area (Å²) in [5.74, 6) is 1.91. The van der Waals surface area contributed by atoms with Crippen LogP contribution in [0.4, 0.5) is 9.59 Å². The third kappa shape index (κ3) is 80.7. The van der Waals surface area contributed by atoms with Gasteiger partial charge in [0.15, 0.2) is 0 Å². The van der Waals surface area contributed by atoms with Gasteiger partial charge in [0, 0.05) is 0 Å². The van der Waals surface area contributed by atoms with Gasteiger partial charge in [-0.05, 0) is 11.8 Å². The molecule has 0 spiro atoms. The molecule has 0 aliphatic heterocycles. The van der Waals surface area contributed by atoms with Crippen molar-refractivity contribution in [2.45, 2.75) is 92.9 Å². The molecule has 0 heterocycles. The Morgan fingerprint density at radius 1 is 0.760 bits per heavy atom. The average Bonchev–Trinajstić information content (AvgIpc) is 2.49. The number of hydrogen-bond acceptors (Lipinski definition) is 4. The minimum absolute atomic E-state index is 0. The molecular weight excluding hydrogens is 406 g/mol. The van der Waals surface area contributed by atoms with Crippen molar-refractivity contribution in [1.82, 2.24) is 0 Å². The molecule has 2 atom stereocenters. The molecule has 0 aromatic rings. The number of hydrogen-bond donors (Lipinski definition) is 2. The fourth-order valence-corrected chi connectivity index (χ4v) is 1.51. The molecule has 0 saturated heterocycles. The zero-order valence-corrected chi connectivity index (χ0v) is 21.9. The van der Waals surface area contributed by atoms with Gasteiger partial charge in [-0.15, -0.1) is 0 Å². The van der Waals surface area contributed by atoms with Crippen LogP contribution in [0.25, 0.3) is 0 Å². The summed E-state index contributed by atoms with van der Waals surface area (Å²) in [6.45, 7) is 13.7. The van der Waals surface area contributed by atoms with Gasteiger partial charge in [-0.25, -0.2) is 0 Å². The Labute approximate surface area is 180 Å². The molecule has 0 aliphatic rings. The number of carbonyl (C=O) groups excluding carboxylic acids is 2. The first-order valence-electron chi connectivity index (χ1n) is 9.01. The minimum Gasteiger partial charge on any atom is -0.719 e. The van der Waals surface area contributed by atoms with Gasteiger partial charge in [-0.3, -0.25) is 0 Å². The van der Waals surface area contributed by atoms with Crippen LogP contribution in [0.15, 0.2) is 0 Å². The summed E-state index contributed by atoms with van der Waals surface area (Å²) >= 11 is 7.52. The van der Waals surface area contributed by atoms with E-state index >= 15 is 0 Å². The van der Waals surface area contributed by atoms with Crippen LogP contribution in [-0.4, -0.2) is 10.5 Å². The van der Waals surface area contributed by atoms with Gasteiger partial charge < -0.3 is 46.3 Å². The first kappa shape index (κ1) is 36.0. The van der Waals surface area contributed by atoms with Crippen LogP contribution >= 0.6 is 0 Å². The van der Waals surface area contributed by atoms with Gasteiger partial charge in [0.05, 0.1) is 10.5 Å². The van der Waals surface area contributed by atoms with Crippen molar-refractivity contribution < 1.29 is 29.1 Å². The Kier molecular flexibility index (Phi) is 45.7. The van der Waals surface area contributed by atoms with E-state index in [1.165, 1.54) is 51.4 Å². The normalized spacial score (nSPS) is 10.8. The molecule has 2 unspecified atom stereocenters. The second kappa shape index (κ2) is 31.7. The molecule has 148 valence electrons. The molecule has 25 heavy (non-hydrogen) atoms. The van der Waals surface area contributed by atoms with Crippen molar-refractivity contribution in [2.75, 3.05) is 0 Å². The van der Waals surface area contributed by atoms with Crippen LogP contribution in [0.1, 0.15) is 92.9 Å². The maximum atomic E-state index is 9.04. The van der Waals surface area contributed by atoms with Gasteiger partial charge in [0.1, 0.15) is 0 Å². The van der Waals surface area contributed by atoms with E-state index in [0.29, 0.717) is 0 Å². The van der Waals surface area contributed by atoms with Crippen LogP contribution < -0.4 is 11.5 Å². The van der Waals surface area contributed by atoms with Crippen LogP contribution in [0.5, 0.6) is 0 Å². The molecule has 4 N–H and O–H groups in total. The smallest absolute Gasteiger partial charge is 0.719 e. The van der Waals surface area contributed by atoms with E-state index in [1.807, 2.05) is 0 Å². The molecule has 0 radical (unpaired) electrons. The number of nitrogens with two attached hydrogens (primary N) is 2. The molecule has 0 bridgehead atoms. The third-order valence-electron chi connectivity index (χ3n) is 3.49. The molecule has 0 aromatic heterocycles. The Hall–Kier alpha value is 0.00338. The molecule has 0 aliphatic carbocycles. The van der Waals surface area contributed by atoms with Crippen molar-refractivity contribution in [3.63, 3.8) is 0 Å². The molecule has 0 saturated carbocycles. The van der Waals surface area contributed by atoms with Gasteiger partial charge in [0.25, 0.3) is 0 Å². The molecule has 0 fully saturated rings. The number of unbranched alkanes of at least 4 members (excludes halogenated alkanes) is 2. The Bertz CT molecular complexity index is 237. The Balaban J connectivity index is -0.0000000739. The van der Waals surface area contributed by atoms with Crippen molar-refractivity contribution in [3.05, 3.63) is 0 Å². The summed E-state index contributed by atoms with van der Waals surface area (Å²) in [6, 6.07) is 0. The molecule has 0 rings (SSSR count). The SMILES string of the molecule is CCCCC(C)CC.CCCCC(C)CC.NC(=O)[S-].NC(=O)[S-].[Zn+2]. The summed E-state index contributed by atoms with van der Waals surface area (Å²) in [4.78, 5) is 18.1. The number of rotatable bonds is 8. The van der Waals surface area contributed by atoms with Crippen LogP contribution in [-0.2, 0) is 44.7 Å². The predicted molar refractivity (Wildman–Crippen MR) is 112 cm³/mol. The van der Waals surface area contributed by atoms with E-state index < -0.39 is 10.5 Å². The number of primary amides is 2. The van der Waals surface area contributed by atoms with Crippen LogP contribution in [0, 0.1) is 11.8 Å². The predicted octanol–water partition coefficient (Wildman–Crippen LogP) is 5.67. The molecule has 4 nitrogen and oxygen atoms in total. The largest absolute Gasteiger partial charge is 2.00 e. The van der Waals surface area contributed by atoms with E-state index in [0.717, 1.165) is 11.8 Å². The van der Waals surface area contributed by atoms with Crippen molar-refractivity contribution >= 4 is 35.7 Å². The van der Waals surface area contributed by atoms with E-state index in [-0.39, 0.29) is 19.5 Å². The summed E-state index contributed by atoms with van der Waals surface area (Å²) in [7, 11) is 0. The Morgan fingerprint density at radius 3 is 1.08 bits per heavy atom. The minimum atomic E-state index is -0.750. The van der Waals surface area contributed by atoms with Gasteiger partial charge in [-0.2, -0.15) is 0 Å². The maximum absolute atomic E-state index is 9.04. The van der Waals surface area contributed by atoms with E-state index in [9.17, 15) is 0 Å². The molecule has 2 amide bonds. The second-order valence-corrected chi connectivity index (χ2v) is 6.75. The zero-order valence-electron chi connectivity index (χ0n) is 17.3. The maximum Gasteiger partial charge on any atom is 2.00 e. The van der Waals surface area contributed by atoms with Crippen molar-refractivity contribution in [2.24, 2.45) is 23.3 Å². The fourth-order valence-electron chi connectivity index (χ4n) is 1.51. The zero-order chi connectivity index (χ0) is 20.0. The van der Waals surface area contributed by atoms with Crippen LogP contribution in [0.3, 0.4) is 0 Å². The van der Waals surface area contributed by atoms with E-state index in [4.69, 9.17) is 9.59 Å². The van der Waals surface area contributed by atoms with Crippen molar-refractivity contribution in [1.29, 1.82) is 0 Å². The number of amides is 2. The van der Waals surface area contributed by atoms with E-state index in [1.54, 1.807) is 0 Å². The first-order chi connectivity index (χ1) is 11.1.